The van der Waals surface area contributed by atoms with E-state index in [0.717, 1.165) is 63.5 Å². The summed E-state index contributed by atoms with van der Waals surface area (Å²) in [5.74, 6) is 0.679. The number of fused-ring (bicyclic) bond motifs is 4. The van der Waals surface area contributed by atoms with Crippen molar-refractivity contribution in [2.24, 2.45) is 20.0 Å². The number of rotatable bonds is 4. The Bertz CT molecular complexity index is 2120. The van der Waals surface area contributed by atoms with Crippen LogP contribution in [0.3, 0.4) is 0 Å². The average molecular weight is 744 g/mol. The van der Waals surface area contributed by atoms with Crippen molar-refractivity contribution < 1.29 is 33.3 Å². The predicted octanol–water partition coefficient (Wildman–Crippen LogP) is 5.84. The van der Waals surface area contributed by atoms with Crippen LogP contribution in [0.5, 0.6) is 23.0 Å². The first-order valence-electron chi connectivity index (χ1n) is 16.5. The molecule has 0 saturated carbocycles. The Labute approximate surface area is 308 Å². The van der Waals surface area contributed by atoms with Crippen molar-refractivity contribution in [3.05, 3.63) is 193 Å². The van der Waals surface area contributed by atoms with Gasteiger partial charge in [0, 0.05) is 0 Å². The SMILES string of the molecule is C1=CC2=NC1=CC1=NC(=CC3=NC(=CC4=NC(=C2)C=C4)C=C3)C=C1.Oc1cc[c]([Cu]([c]2ccc(O)cc2)([c]2ccc(O)cc2)[c]2ccc(O)cc2)cc1. The molecule has 0 saturated heterocycles. The third-order valence-corrected chi connectivity index (χ3v) is 12.7. The van der Waals surface area contributed by atoms with Crippen LogP contribution in [0.4, 0.5) is 0 Å². The zero-order valence-corrected chi connectivity index (χ0v) is 29.0. The molecular formula is C44H32CuN4O4. The van der Waals surface area contributed by atoms with E-state index in [1.165, 1.54) is 0 Å². The molecule has 5 aliphatic heterocycles. The van der Waals surface area contributed by atoms with Gasteiger partial charge in [-0.15, -0.1) is 0 Å². The van der Waals surface area contributed by atoms with E-state index in [9.17, 15) is 20.4 Å². The molecule has 4 aromatic rings. The fourth-order valence-corrected chi connectivity index (χ4v) is 10.1. The number of phenols is 4. The molecule has 8 bridgehead atoms. The van der Waals surface area contributed by atoms with Gasteiger partial charge in [-0.05, 0) is 72.9 Å². The van der Waals surface area contributed by atoms with Crippen molar-refractivity contribution in [1.29, 1.82) is 0 Å². The molecule has 0 radical (unpaired) electrons. The summed E-state index contributed by atoms with van der Waals surface area (Å²) in [5.41, 5.74) is 7.15. The van der Waals surface area contributed by atoms with E-state index < -0.39 is 12.8 Å². The number of aliphatic imine (C=N–C) groups is 4. The van der Waals surface area contributed by atoms with Crippen LogP contribution in [-0.4, -0.2) is 43.3 Å². The van der Waals surface area contributed by atoms with Crippen LogP contribution >= 0.6 is 0 Å². The number of aromatic hydroxyl groups is 4. The fraction of sp³-hybridized carbons (Fsp3) is 0. The Hall–Kier alpha value is -6.80. The molecular weight excluding hydrogens is 712 g/mol. The minimum atomic E-state index is -1.95. The van der Waals surface area contributed by atoms with E-state index in [4.69, 9.17) is 0 Å². The Morgan fingerprint density at radius 3 is 0.698 bits per heavy atom. The van der Waals surface area contributed by atoms with Gasteiger partial charge in [0.1, 0.15) is 0 Å². The van der Waals surface area contributed by atoms with Crippen molar-refractivity contribution >= 4 is 40.7 Å². The number of hydrogen-bond acceptors (Lipinski definition) is 8. The molecule has 4 aromatic carbocycles. The molecule has 0 aliphatic carbocycles. The molecule has 0 aromatic heterocycles. The molecule has 5 heterocycles. The van der Waals surface area contributed by atoms with Crippen molar-refractivity contribution in [2.45, 2.75) is 0 Å². The standard InChI is InChI=1S/C20H12N4.4C6H5O.Cu/c1-2-14-10-16-5-6-18(23-16)12-20-8-7-19(24-20)11-17-4-3-15(22-17)9-13(1)21-14;4*7-6-4-2-1-3-5-6;/h1-12H;4*2-5,7H;. The third-order valence-electron chi connectivity index (χ3n) is 8.16. The number of phenolic OH excluding ortho intramolecular Hbond substituents is 4. The van der Waals surface area contributed by atoms with Crippen molar-refractivity contribution in [3.63, 3.8) is 0 Å². The topological polar surface area (TPSA) is 130 Å². The second kappa shape index (κ2) is 14.1. The van der Waals surface area contributed by atoms with Crippen molar-refractivity contribution in [2.75, 3.05) is 0 Å². The monoisotopic (exact) mass is 743 g/mol. The predicted molar refractivity (Wildman–Crippen MR) is 210 cm³/mol. The second-order valence-electron chi connectivity index (χ2n) is 11.9. The Morgan fingerprint density at radius 1 is 0.283 bits per heavy atom. The van der Waals surface area contributed by atoms with E-state index >= 15 is 0 Å². The Morgan fingerprint density at radius 2 is 0.491 bits per heavy atom. The summed E-state index contributed by atoms with van der Waals surface area (Å²) in [4.78, 5) is 18.4. The molecule has 9 heteroatoms. The molecule has 9 rings (SSSR count). The molecule has 4 N–H and O–H groups in total. The van der Waals surface area contributed by atoms with Gasteiger partial charge in [-0.2, -0.15) is 0 Å². The first kappa shape index (κ1) is 33.3. The van der Waals surface area contributed by atoms with Gasteiger partial charge in [0.25, 0.3) is 0 Å². The molecule has 53 heavy (non-hydrogen) atoms. The molecule has 0 spiro atoms. The quantitative estimate of drug-likeness (QED) is 0.196. The van der Waals surface area contributed by atoms with E-state index in [2.05, 4.69) is 20.0 Å². The zero-order valence-electron chi connectivity index (χ0n) is 28.0. The zero-order chi connectivity index (χ0) is 36.4. The first-order valence-corrected chi connectivity index (χ1v) is 18.4. The van der Waals surface area contributed by atoms with Crippen LogP contribution in [0.1, 0.15) is 0 Å². The maximum atomic E-state index is 9.85. The number of hydrogen-bond donors (Lipinski definition) is 4. The summed E-state index contributed by atoms with van der Waals surface area (Å²) in [6.07, 6.45) is 23.8. The summed E-state index contributed by atoms with van der Waals surface area (Å²) in [6.45, 7) is 0. The minimum absolute atomic E-state index is 0.170. The van der Waals surface area contributed by atoms with Gasteiger partial charge in [0.05, 0.1) is 45.6 Å². The summed E-state index contributed by atoms with van der Waals surface area (Å²) >= 11 is -1.95. The number of benzene rings is 4. The number of allylic oxidation sites excluding steroid dienone is 12. The summed E-state index contributed by atoms with van der Waals surface area (Å²) < 4.78 is 3.86. The molecule has 0 unspecified atom stereocenters. The van der Waals surface area contributed by atoms with Crippen molar-refractivity contribution in [3.8, 4) is 23.0 Å². The van der Waals surface area contributed by atoms with Crippen LogP contribution < -0.4 is 17.8 Å². The normalized spacial score (nSPS) is 16.8. The van der Waals surface area contributed by atoms with Gasteiger partial charge < -0.3 is 0 Å². The van der Waals surface area contributed by atoms with Crippen LogP contribution in [0.2, 0.25) is 0 Å². The van der Waals surface area contributed by atoms with Gasteiger partial charge in [-0.3, -0.25) is 0 Å². The summed E-state index contributed by atoms with van der Waals surface area (Å²) in [6, 6.07) is 28.3. The van der Waals surface area contributed by atoms with E-state index in [0.29, 0.717) is 0 Å². The van der Waals surface area contributed by atoms with Crippen LogP contribution in [-0.2, 0) is 12.8 Å². The van der Waals surface area contributed by atoms with Crippen LogP contribution in [0, 0.1) is 0 Å². The average Bonchev–Trinajstić information content (AvgIpc) is 3.99. The second-order valence-corrected chi connectivity index (χ2v) is 15.5. The molecule has 5 aliphatic rings. The van der Waals surface area contributed by atoms with E-state index in [1.54, 1.807) is 48.5 Å². The molecule has 0 amide bonds. The summed E-state index contributed by atoms with van der Waals surface area (Å²) in [5, 5.41) is 39.4. The molecule has 263 valence electrons. The van der Waals surface area contributed by atoms with Crippen molar-refractivity contribution in [1.82, 2.24) is 0 Å². The van der Waals surface area contributed by atoms with Crippen LogP contribution in [0.15, 0.2) is 213 Å². The molecule has 8 nitrogen and oxygen atoms in total. The van der Waals surface area contributed by atoms with Gasteiger partial charge in [-0.25, -0.2) is 20.0 Å². The maximum absolute atomic E-state index is 9.85. The van der Waals surface area contributed by atoms with E-state index in [1.807, 2.05) is 121 Å². The number of nitrogens with zero attached hydrogens (tertiary/aromatic N) is 4. The third kappa shape index (κ3) is 7.07. The van der Waals surface area contributed by atoms with E-state index in [-0.39, 0.29) is 23.0 Å². The van der Waals surface area contributed by atoms with Gasteiger partial charge in [-0.1, -0.05) is 0 Å². The van der Waals surface area contributed by atoms with Gasteiger partial charge in [0.2, 0.25) is 0 Å². The van der Waals surface area contributed by atoms with Gasteiger partial charge in [0.15, 0.2) is 0 Å². The van der Waals surface area contributed by atoms with Gasteiger partial charge >= 0.3 is 171 Å². The fourth-order valence-electron chi connectivity index (χ4n) is 5.75. The van der Waals surface area contributed by atoms with Crippen LogP contribution in [0.25, 0.3) is 0 Å². The summed E-state index contributed by atoms with van der Waals surface area (Å²) in [7, 11) is 0. The Balaban J connectivity index is 0.000000153. The first-order chi connectivity index (χ1) is 25.8. The Kier molecular flexibility index (Phi) is 8.86. The molecule has 0 atom stereocenters. The molecule has 0 fully saturated rings.